The van der Waals surface area contributed by atoms with Gasteiger partial charge in [-0.15, -0.1) is 0 Å². The Balaban J connectivity index is -0.0000000325. The van der Waals surface area contributed by atoms with Gasteiger partial charge in [0.05, 0.1) is 0 Å². The van der Waals surface area contributed by atoms with Gasteiger partial charge in [-0.25, -0.2) is 0 Å². The molecule has 0 heterocycles. The molecule has 0 N–H and O–H groups in total. The molecule has 0 fully saturated rings. The van der Waals surface area contributed by atoms with Crippen LogP contribution in [-0.2, 0) is 26.0 Å². The summed E-state index contributed by atoms with van der Waals surface area (Å²) in [5, 5.41) is 7.00. The van der Waals surface area contributed by atoms with Crippen molar-refractivity contribution in [3.63, 3.8) is 0 Å². The summed E-state index contributed by atoms with van der Waals surface area (Å²) >= 11 is 7.39. The second-order valence-corrected chi connectivity index (χ2v) is 36.5. The van der Waals surface area contributed by atoms with E-state index in [1.54, 1.807) is 28.2 Å². The topological polar surface area (TPSA) is 28.2 Å². The van der Waals surface area contributed by atoms with E-state index in [0.717, 1.165) is 0 Å². The van der Waals surface area contributed by atoms with Crippen LogP contribution in [0.5, 0.6) is 0 Å². The van der Waals surface area contributed by atoms with Crippen molar-refractivity contribution in [3.05, 3.63) is 10.6 Å². The first kappa shape index (κ1) is 23.9. The molecule has 0 bridgehead atoms. The van der Waals surface area contributed by atoms with Crippen molar-refractivity contribution in [1.82, 2.24) is 0 Å². The van der Waals surface area contributed by atoms with Gasteiger partial charge in [-0.05, 0) is 0 Å². The molecule has 0 saturated heterocycles. The van der Waals surface area contributed by atoms with Gasteiger partial charge in [0.2, 0.25) is 0 Å². The van der Waals surface area contributed by atoms with Gasteiger partial charge in [0.1, 0.15) is 0 Å². The first-order valence-electron chi connectivity index (χ1n) is 2.30. The van der Waals surface area contributed by atoms with Crippen LogP contribution in [0.15, 0.2) is 0 Å². The summed E-state index contributed by atoms with van der Waals surface area (Å²) in [7, 11) is 7.00. The third kappa shape index (κ3) is 152. The summed E-state index contributed by atoms with van der Waals surface area (Å²) < 4.78 is 0. The molecule has 0 aromatic heterocycles. The van der Waals surface area contributed by atoms with Crippen LogP contribution in [0.3, 0.4) is 0 Å². The van der Waals surface area contributed by atoms with Crippen LogP contribution >= 0.6 is 59.9 Å². The predicted molar refractivity (Wildman–Crippen MR) is 72.5 cm³/mol. The summed E-state index contributed by atoms with van der Waals surface area (Å²) in [5.41, 5.74) is 0. The SMILES string of the molecule is C[N-]C.C[N-]C.[I][V]([I])[I].[W+2]. The van der Waals surface area contributed by atoms with Gasteiger partial charge >= 0.3 is 85.9 Å². The van der Waals surface area contributed by atoms with Crippen molar-refractivity contribution in [2.24, 2.45) is 0 Å². The van der Waals surface area contributed by atoms with Gasteiger partial charge in [-0.1, -0.05) is 0 Å². The van der Waals surface area contributed by atoms with Crippen molar-refractivity contribution >= 4 is 59.9 Å². The van der Waals surface area contributed by atoms with Gasteiger partial charge in [0.15, 0.2) is 0 Å². The molecule has 0 spiro atoms. The number of rotatable bonds is 0. The molecule has 0 aromatic rings. The van der Waals surface area contributed by atoms with Gasteiger partial charge < -0.3 is 10.6 Å². The molecule has 0 amide bonds. The molecule has 0 atom stereocenters. The molecule has 2 nitrogen and oxygen atoms in total. The molecule has 0 aliphatic carbocycles. The van der Waals surface area contributed by atoms with Crippen molar-refractivity contribution < 1.29 is 26.0 Å². The summed E-state index contributed by atoms with van der Waals surface area (Å²) in [6, 6.07) is 0. The van der Waals surface area contributed by atoms with E-state index in [2.05, 4.69) is 70.6 Å². The quantitative estimate of drug-likeness (QED) is 0.343. The fraction of sp³-hybridized carbons (Fsp3) is 1.00. The van der Waals surface area contributed by atoms with Crippen molar-refractivity contribution in [1.29, 1.82) is 0 Å². The minimum atomic E-state index is -0.278. The van der Waals surface area contributed by atoms with Crippen molar-refractivity contribution in [2.45, 2.75) is 0 Å². The number of nitrogens with zero attached hydrogens (tertiary/aromatic N) is 2. The van der Waals surface area contributed by atoms with E-state index < -0.39 is 0 Å². The van der Waals surface area contributed by atoms with E-state index in [0.29, 0.717) is 0 Å². The summed E-state index contributed by atoms with van der Waals surface area (Å²) in [5.74, 6) is 0. The minimum Gasteiger partial charge on any atom is 2.00 e. The Labute approximate surface area is 122 Å². The number of halogens is 3. The molecule has 0 aliphatic rings. The van der Waals surface area contributed by atoms with Crippen LogP contribution in [0.4, 0.5) is 0 Å². The summed E-state index contributed by atoms with van der Waals surface area (Å²) in [6.45, 7) is 0. The monoisotopic (exact) mass is 704 g/mol. The molecule has 11 heavy (non-hydrogen) atoms. The smallest absolute Gasteiger partial charge is 2.00 e. The van der Waals surface area contributed by atoms with Crippen LogP contribution in [0, 0.1) is 0 Å². The van der Waals surface area contributed by atoms with Gasteiger partial charge in [0, 0.05) is 0 Å². The van der Waals surface area contributed by atoms with E-state index in [-0.39, 0.29) is 26.0 Å². The van der Waals surface area contributed by atoms with Crippen LogP contribution in [0.2, 0.25) is 0 Å². The van der Waals surface area contributed by atoms with Gasteiger partial charge in [0.25, 0.3) is 0 Å². The van der Waals surface area contributed by atoms with Gasteiger partial charge in [-0.2, -0.15) is 28.2 Å². The maximum absolute atomic E-state index is 3.50. The van der Waals surface area contributed by atoms with E-state index in [9.17, 15) is 0 Å². The third-order valence-electron chi connectivity index (χ3n) is 0. The Morgan fingerprint density at radius 1 is 0.818 bits per heavy atom. The first-order valence-corrected chi connectivity index (χ1v) is 15.8. The van der Waals surface area contributed by atoms with Crippen LogP contribution < -0.4 is 0 Å². The normalized spacial score (nSPS) is 6.55. The molecule has 0 rings (SSSR count). The number of hydrogen-bond donors (Lipinski definition) is 0. The van der Waals surface area contributed by atoms with Crippen molar-refractivity contribution in [2.75, 3.05) is 28.2 Å². The largest absolute Gasteiger partial charge is 2.00 e. The Morgan fingerprint density at radius 2 is 0.818 bits per heavy atom. The zero-order chi connectivity index (χ0) is 8.99. The molecule has 0 aromatic carbocycles. The average Bonchev–Trinajstić information content (AvgIpc) is 1.65. The van der Waals surface area contributed by atoms with E-state index in [4.69, 9.17) is 0 Å². The van der Waals surface area contributed by atoms with Gasteiger partial charge in [-0.3, -0.25) is 0 Å². The molecular weight excluding hydrogens is 692 g/mol. The fourth-order valence-corrected chi connectivity index (χ4v) is 0. The third-order valence-corrected chi connectivity index (χ3v) is 0. The first-order chi connectivity index (χ1) is 4.56. The van der Waals surface area contributed by atoms with Crippen LogP contribution in [-0.4, -0.2) is 28.2 Å². The second kappa shape index (κ2) is 29.2. The average molecular weight is 704 g/mol. The molecule has 0 saturated carbocycles. The summed E-state index contributed by atoms with van der Waals surface area (Å²) in [6.07, 6.45) is 0. The molecule has 0 aliphatic heterocycles. The predicted octanol–water partition coefficient (Wildman–Crippen LogP) is 3.89. The zero-order valence-corrected chi connectivity index (χ0v) is 17.7. The van der Waals surface area contributed by atoms with Crippen LogP contribution in [0.1, 0.15) is 0 Å². The second-order valence-electron chi connectivity index (χ2n) is 1.09. The minimum absolute atomic E-state index is 0. The summed E-state index contributed by atoms with van der Waals surface area (Å²) in [4.78, 5) is -0.278. The molecule has 70 valence electrons. The molecule has 0 radical (unpaired) electrons. The van der Waals surface area contributed by atoms with E-state index >= 15 is 0 Å². The fourth-order valence-electron chi connectivity index (χ4n) is 0. The zero-order valence-electron chi connectivity index (χ0n) is 6.88. The molecular formula is C4H12I3N2VW. The van der Waals surface area contributed by atoms with Crippen LogP contribution in [0.25, 0.3) is 10.6 Å². The Bertz CT molecular complexity index is 39.8. The Kier molecular flexibility index (Phi) is 63.4. The maximum atomic E-state index is 3.50. The van der Waals surface area contributed by atoms with Crippen molar-refractivity contribution in [3.8, 4) is 0 Å². The standard InChI is InChI=1S/2C2H6N.3HI.V.W/c2*1-3-2;;;;;/h2*1-2H3;3*1H;;/q2*-1;;;;+3;+2/p-3. The molecule has 7 heteroatoms. The van der Waals surface area contributed by atoms with E-state index in [1.165, 1.54) is 0 Å². The molecule has 0 unspecified atom stereocenters. The maximum Gasteiger partial charge on any atom is 2.00 e. The Hall–Kier alpha value is 3.38. The van der Waals surface area contributed by atoms with E-state index in [1.807, 2.05) is 0 Å². The number of hydrogen-bond acceptors (Lipinski definition) is 0. The Morgan fingerprint density at radius 3 is 0.818 bits per heavy atom.